The van der Waals surface area contributed by atoms with Crippen LogP contribution in [0.1, 0.15) is 42.1 Å². The number of aromatic nitrogens is 2. The summed E-state index contributed by atoms with van der Waals surface area (Å²) in [7, 11) is 1.83. The Morgan fingerprint density at radius 3 is 2.10 bits per heavy atom. The molecule has 31 heavy (non-hydrogen) atoms. The van der Waals surface area contributed by atoms with Gasteiger partial charge >= 0.3 is 0 Å². The third kappa shape index (κ3) is 8.01. The molecular weight excluding hydrogens is 497 g/mol. The summed E-state index contributed by atoms with van der Waals surface area (Å²) in [5.74, 6) is 2.32. The number of guanidine groups is 1. The van der Waals surface area contributed by atoms with Crippen LogP contribution >= 0.6 is 24.0 Å². The van der Waals surface area contributed by atoms with Crippen LogP contribution in [0.4, 0.5) is 0 Å². The van der Waals surface area contributed by atoms with Crippen molar-refractivity contribution in [1.29, 1.82) is 0 Å². The molecule has 0 aliphatic heterocycles. The second-order valence-corrected chi connectivity index (χ2v) is 7.46. The van der Waals surface area contributed by atoms with Crippen LogP contribution in [0.3, 0.4) is 0 Å². The van der Waals surface area contributed by atoms with Gasteiger partial charge in [0.25, 0.3) is 0 Å². The maximum absolute atomic E-state index is 4.37. The van der Waals surface area contributed by atoms with Gasteiger partial charge in [0.2, 0.25) is 0 Å². The third-order valence-corrected chi connectivity index (χ3v) is 5.39. The van der Waals surface area contributed by atoms with E-state index in [2.05, 4.69) is 85.8 Å². The molecule has 0 atom stereocenters. The number of hydrogen-bond acceptors (Lipinski definition) is 2. The lowest BCUT2D eigenvalue weighted by atomic mass is 9.88. The Hall–Kier alpha value is -2.35. The minimum atomic E-state index is 0. The Morgan fingerprint density at radius 2 is 1.55 bits per heavy atom. The summed E-state index contributed by atoms with van der Waals surface area (Å²) in [6.07, 6.45) is 7.12. The van der Waals surface area contributed by atoms with E-state index in [-0.39, 0.29) is 24.0 Å². The quantitative estimate of drug-likeness (QED) is 0.168. The maximum Gasteiger partial charge on any atom is 0.190 e. The van der Waals surface area contributed by atoms with Gasteiger partial charge in [-0.05, 0) is 37.3 Å². The molecule has 0 amide bonds. The van der Waals surface area contributed by atoms with E-state index in [1.165, 1.54) is 11.1 Å². The number of aryl methyl sites for hydroxylation is 2. The zero-order valence-electron chi connectivity index (χ0n) is 18.5. The van der Waals surface area contributed by atoms with Gasteiger partial charge in [0.15, 0.2) is 5.96 Å². The fourth-order valence-electron chi connectivity index (χ4n) is 3.71. The number of aliphatic imine (C=N–C) groups is 1. The van der Waals surface area contributed by atoms with Gasteiger partial charge in [0, 0.05) is 45.0 Å². The molecule has 0 unspecified atom stereocenters. The maximum atomic E-state index is 4.37. The largest absolute Gasteiger partial charge is 0.356 e. The van der Waals surface area contributed by atoms with Crippen LogP contribution in [0.25, 0.3) is 0 Å². The molecule has 0 aliphatic carbocycles. The predicted octanol–water partition coefficient (Wildman–Crippen LogP) is 4.98. The molecule has 0 spiro atoms. The summed E-state index contributed by atoms with van der Waals surface area (Å²) in [6, 6.07) is 21.5. The average molecular weight is 531 g/mol. The standard InChI is InChI=1S/C25H33N5.HI/c1-21-27-18-20-30(21)19-10-9-16-28-25(26-2)29-17-15-24(22-11-5-3-6-12-22)23-13-7-4-8-14-23;/h3-8,11-14,18,20,24H,9-10,15-17,19H2,1-2H3,(H2,26,28,29);1H. The number of rotatable bonds is 10. The average Bonchev–Trinajstić information content (AvgIpc) is 3.21. The summed E-state index contributed by atoms with van der Waals surface area (Å²) in [5, 5.41) is 6.91. The van der Waals surface area contributed by atoms with Crippen molar-refractivity contribution in [2.45, 2.75) is 38.6 Å². The molecule has 3 aromatic rings. The number of benzene rings is 2. The van der Waals surface area contributed by atoms with Crippen molar-refractivity contribution in [3.05, 3.63) is 90.0 Å². The van der Waals surface area contributed by atoms with Crippen LogP contribution in [0.15, 0.2) is 78.0 Å². The lowest BCUT2D eigenvalue weighted by Crippen LogP contribution is -2.38. The second kappa shape index (κ2) is 13.9. The highest BCUT2D eigenvalue weighted by Crippen LogP contribution is 2.27. The molecule has 3 rings (SSSR count). The third-order valence-electron chi connectivity index (χ3n) is 5.39. The van der Waals surface area contributed by atoms with Crippen molar-refractivity contribution >= 4 is 29.9 Å². The minimum absolute atomic E-state index is 0. The number of nitrogens with zero attached hydrogens (tertiary/aromatic N) is 3. The first-order chi connectivity index (χ1) is 14.8. The number of hydrogen-bond donors (Lipinski definition) is 2. The minimum Gasteiger partial charge on any atom is -0.356 e. The van der Waals surface area contributed by atoms with Crippen molar-refractivity contribution in [2.24, 2.45) is 4.99 Å². The second-order valence-electron chi connectivity index (χ2n) is 7.46. The molecule has 2 aromatic carbocycles. The van der Waals surface area contributed by atoms with E-state index in [1.807, 2.05) is 26.4 Å². The first kappa shape index (κ1) is 24.9. The van der Waals surface area contributed by atoms with Gasteiger partial charge in [-0.1, -0.05) is 60.7 Å². The molecule has 1 aromatic heterocycles. The van der Waals surface area contributed by atoms with Crippen molar-refractivity contribution in [3.63, 3.8) is 0 Å². The first-order valence-electron chi connectivity index (χ1n) is 10.8. The molecule has 0 radical (unpaired) electrons. The molecule has 6 heteroatoms. The zero-order chi connectivity index (χ0) is 21.0. The summed E-state index contributed by atoms with van der Waals surface area (Å²) in [6.45, 7) is 4.83. The lowest BCUT2D eigenvalue weighted by Gasteiger charge is -2.19. The molecule has 0 aliphatic rings. The van der Waals surface area contributed by atoms with Crippen LogP contribution in [0.2, 0.25) is 0 Å². The fourth-order valence-corrected chi connectivity index (χ4v) is 3.71. The highest BCUT2D eigenvalue weighted by Gasteiger charge is 2.13. The Morgan fingerprint density at radius 1 is 0.935 bits per heavy atom. The Kier molecular flexibility index (Phi) is 11.1. The topological polar surface area (TPSA) is 54.2 Å². The summed E-state index contributed by atoms with van der Waals surface area (Å²) >= 11 is 0. The molecule has 0 saturated heterocycles. The van der Waals surface area contributed by atoms with Gasteiger partial charge < -0.3 is 15.2 Å². The van der Waals surface area contributed by atoms with E-state index in [0.717, 1.165) is 50.7 Å². The molecular formula is C25H34IN5. The Balaban J connectivity index is 0.00000341. The molecule has 0 saturated carbocycles. The predicted molar refractivity (Wildman–Crippen MR) is 140 cm³/mol. The molecule has 5 nitrogen and oxygen atoms in total. The molecule has 0 fully saturated rings. The Labute approximate surface area is 203 Å². The van der Waals surface area contributed by atoms with E-state index in [0.29, 0.717) is 5.92 Å². The van der Waals surface area contributed by atoms with Crippen LogP contribution in [0, 0.1) is 6.92 Å². The van der Waals surface area contributed by atoms with Gasteiger partial charge in [0.1, 0.15) is 5.82 Å². The number of unbranched alkanes of at least 4 members (excludes halogenated alkanes) is 1. The zero-order valence-corrected chi connectivity index (χ0v) is 20.8. The van der Waals surface area contributed by atoms with E-state index in [9.17, 15) is 0 Å². The SMILES string of the molecule is CN=C(NCCCCn1ccnc1C)NCCC(c1ccccc1)c1ccccc1.I. The highest BCUT2D eigenvalue weighted by molar-refractivity contribution is 14.0. The highest BCUT2D eigenvalue weighted by atomic mass is 127. The van der Waals surface area contributed by atoms with Gasteiger partial charge in [-0.25, -0.2) is 4.98 Å². The number of imidazole rings is 1. The van der Waals surface area contributed by atoms with Gasteiger partial charge in [-0.15, -0.1) is 24.0 Å². The lowest BCUT2D eigenvalue weighted by molar-refractivity contribution is 0.587. The van der Waals surface area contributed by atoms with E-state index >= 15 is 0 Å². The van der Waals surface area contributed by atoms with Crippen LogP contribution in [-0.2, 0) is 6.54 Å². The van der Waals surface area contributed by atoms with Crippen LogP contribution < -0.4 is 10.6 Å². The van der Waals surface area contributed by atoms with Gasteiger partial charge in [-0.2, -0.15) is 0 Å². The summed E-state index contributed by atoms with van der Waals surface area (Å²) in [4.78, 5) is 8.64. The normalized spacial score (nSPS) is 11.3. The van der Waals surface area contributed by atoms with Crippen molar-refractivity contribution in [3.8, 4) is 0 Å². The number of halogens is 1. The van der Waals surface area contributed by atoms with Gasteiger partial charge in [0.05, 0.1) is 0 Å². The Bertz CT molecular complexity index is 853. The molecule has 166 valence electrons. The van der Waals surface area contributed by atoms with Crippen molar-refractivity contribution in [1.82, 2.24) is 20.2 Å². The van der Waals surface area contributed by atoms with E-state index in [1.54, 1.807) is 0 Å². The number of nitrogens with one attached hydrogen (secondary N) is 2. The van der Waals surface area contributed by atoms with Crippen LogP contribution in [0.5, 0.6) is 0 Å². The monoisotopic (exact) mass is 531 g/mol. The molecule has 0 bridgehead atoms. The van der Waals surface area contributed by atoms with Crippen molar-refractivity contribution in [2.75, 3.05) is 20.1 Å². The fraction of sp³-hybridized carbons (Fsp3) is 0.360. The first-order valence-corrected chi connectivity index (χ1v) is 10.8. The molecule has 1 heterocycles. The molecule has 2 N–H and O–H groups in total. The van der Waals surface area contributed by atoms with Crippen LogP contribution in [-0.4, -0.2) is 35.6 Å². The van der Waals surface area contributed by atoms with Gasteiger partial charge in [-0.3, -0.25) is 4.99 Å². The van der Waals surface area contributed by atoms with Crippen molar-refractivity contribution < 1.29 is 0 Å². The summed E-state index contributed by atoms with van der Waals surface area (Å²) in [5.41, 5.74) is 2.70. The summed E-state index contributed by atoms with van der Waals surface area (Å²) < 4.78 is 2.19. The van der Waals surface area contributed by atoms with E-state index < -0.39 is 0 Å². The van der Waals surface area contributed by atoms with E-state index in [4.69, 9.17) is 0 Å². The smallest absolute Gasteiger partial charge is 0.190 e.